The Morgan fingerprint density at radius 1 is 1.38 bits per heavy atom. The van der Waals surface area contributed by atoms with Gasteiger partial charge in [-0.25, -0.2) is 9.18 Å². The van der Waals surface area contributed by atoms with E-state index in [-0.39, 0.29) is 21.5 Å². The smallest absolute Gasteiger partial charge is 0.337 e. The van der Waals surface area contributed by atoms with Crippen LogP contribution in [-0.2, 0) is 0 Å². The maximum atomic E-state index is 13.5. The number of hydrogen-bond donors (Lipinski definition) is 1. The highest BCUT2D eigenvalue weighted by atomic mass is 79.9. The molecule has 108 valence electrons. The largest absolute Gasteiger partial charge is 0.478 e. The SMILES string of the molecule is O=C(O)c1cncc(Oc2cc(F)c(Br)cc2[N+](=O)[O-])c1. The lowest BCUT2D eigenvalue weighted by Gasteiger charge is -2.07. The average molecular weight is 357 g/mol. The lowest BCUT2D eigenvalue weighted by atomic mass is 10.2. The van der Waals surface area contributed by atoms with E-state index in [0.29, 0.717) is 0 Å². The summed E-state index contributed by atoms with van der Waals surface area (Å²) in [6.07, 6.45) is 2.25. The lowest BCUT2D eigenvalue weighted by Crippen LogP contribution is -1.99. The second-order valence-corrected chi connectivity index (χ2v) is 4.66. The van der Waals surface area contributed by atoms with Gasteiger partial charge in [0.1, 0.15) is 11.6 Å². The lowest BCUT2D eigenvalue weighted by molar-refractivity contribution is -0.385. The zero-order valence-electron chi connectivity index (χ0n) is 10.1. The molecule has 0 radical (unpaired) electrons. The van der Waals surface area contributed by atoms with Gasteiger partial charge in [0.2, 0.25) is 5.75 Å². The zero-order chi connectivity index (χ0) is 15.6. The summed E-state index contributed by atoms with van der Waals surface area (Å²) in [4.78, 5) is 24.6. The number of carbonyl (C=O) groups is 1. The second kappa shape index (κ2) is 5.83. The van der Waals surface area contributed by atoms with E-state index in [1.165, 1.54) is 0 Å². The van der Waals surface area contributed by atoms with Crippen LogP contribution in [0.4, 0.5) is 10.1 Å². The third-order valence-electron chi connectivity index (χ3n) is 2.39. The fourth-order valence-corrected chi connectivity index (χ4v) is 1.79. The summed E-state index contributed by atoms with van der Waals surface area (Å²) in [5.74, 6) is -2.40. The van der Waals surface area contributed by atoms with Gasteiger partial charge in [0.05, 0.1) is 21.2 Å². The Morgan fingerprint density at radius 3 is 2.71 bits per heavy atom. The van der Waals surface area contributed by atoms with E-state index in [2.05, 4.69) is 20.9 Å². The Hall–Kier alpha value is -2.55. The highest BCUT2D eigenvalue weighted by Gasteiger charge is 2.20. The van der Waals surface area contributed by atoms with Crippen LogP contribution < -0.4 is 4.74 Å². The minimum atomic E-state index is -1.23. The molecule has 2 rings (SSSR count). The first-order valence-corrected chi connectivity index (χ1v) is 6.17. The molecule has 0 atom stereocenters. The highest BCUT2D eigenvalue weighted by molar-refractivity contribution is 9.10. The number of nitrogens with zero attached hydrogens (tertiary/aromatic N) is 2. The van der Waals surface area contributed by atoms with Crippen LogP contribution in [0.1, 0.15) is 10.4 Å². The van der Waals surface area contributed by atoms with Crippen LogP contribution in [0.2, 0.25) is 0 Å². The van der Waals surface area contributed by atoms with Crippen LogP contribution in [0.5, 0.6) is 11.5 Å². The number of nitro benzene ring substituents is 1. The van der Waals surface area contributed by atoms with Crippen LogP contribution in [-0.4, -0.2) is 21.0 Å². The van der Waals surface area contributed by atoms with Gasteiger partial charge in [-0.1, -0.05) is 0 Å². The third kappa shape index (κ3) is 3.31. The Kier molecular flexibility index (Phi) is 4.13. The van der Waals surface area contributed by atoms with Crippen LogP contribution in [0.25, 0.3) is 0 Å². The van der Waals surface area contributed by atoms with Gasteiger partial charge in [0, 0.05) is 18.3 Å². The molecule has 21 heavy (non-hydrogen) atoms. The van der Waals surface area contributed by atoms with Crippen LogP contribution in [0.3, 0.4) is 0 Å². The zero-order valence-corrected chi connectivity index (χ0v) is 11.7. The number of aromatic nitrogens is 1. The van der Waals surface area contributed by atoms with Crippen molar-refractivity contribution < 1.29 is 24.0 Å². The summed E-state index contributed by atoms with van der Waals surface area (Å²) in [7, 11) is 0. The summed E-state index contributed by atoms with van der Waals surface area (Å²) >= 11 is 2.84. The predicted octanol–water partition coefficient (Wildman–Crippen LogP) is 3.38. The Labute approximate surface area is 125 Å². The van der Waals surface area contributed by atoms with Crippen LogP contribution in [0, 0.1) is 15.9 Å². The standard InChI is InChI=1S/C12H6BrFN2O5/c13-8-2-10(16(19)20)11(3-9(8)14)21-7-1-6(12(17)18)4-15-5-7/h1-5H,(H,17,18). The molecule has 0 fully saturated rings. The number of ether oxygens (including phenoxy) is 1. The molecule has 1 N–H and O–H groups in total. The Morgan fingerprint density at radius 2 is 2.10 bits per heavy atom. The molecular formula is C12H6BrFN2O5. The quantitative estimate of drug-likeness (QED) is 0.665. The topological polar surface area (TPSA) is 103 Å². The molecule has 0 saturated carbocycles. The molecule has 0 saturated heterocycles. The number of carboxylic acid groups (broad SMARTS) is 1. The van der Waals surface area contributed by atoms with E-state index in [1.807, 2.05) is 0 Å². The summed E-state index contributed by atoms with van der Waals surface area (Å²) in [6, 6.07) is 2.91. The van der Waals surface area contributed by atoms with Gasteiger partial charge in [0.25, 0.3) is 0 Å². The summed E-state index contributed by atoms with van der Waals surface area (Å²) in [5.41, 5.74) is -0.628. The van der Waals surface area contributed by atoms with Crippen LogP contribution >= 0.6 is 15.9 Å². The molecule has 7 nitrogen and oxygen atoms in total. The average Bonchev–Trinajstić information content (AvgIpc) is 2.42. The minimum absolute atomic E-state index is 0.0558. The van der Waals surface area contributed by atoms with Gasteiger partial charge in [-0.3, -0.25) is 15.1 Å². The molecule has 2 aromatic rings. The molecule has 0 aliphatic heterocycles. The van der Waals surface area contributed by atoms with E-state index in [4.69, 9.17) is 9.84 Å². The van der Waals surface area contributed by atoms with Crippen molar-refractivity contribution >= 4 is 27.6 Å². The van der Waals surface area contributed by atoms with Gasteiger partial charge < -0.3 is 9.84 Å². The van der Waals surface area contributed by atoms with Gasteiger partial charge in [-0.15, -0.1) is 0 Å². The summed E-state index contributed by atoms with van der Waals surface area (Å²) < 4.78 is 18.6. The van der Waals surface area contributed by atoms with E-state index in [1.54, 1.807) is 0 Å². The van der Waals surface area contributed by atoms with Crippen molar-refractivity contribution in [1.29, 1.82) is 0 Å². The summed E-state index contributed by atoms with van der Waals surface area (Å²) in [6.45, 7) is 0. The number of nitro groups is 1. The fourth-order valence-electron chi connectivity index (χ4n) is 1.46. The van der Waals surface area contributed by atoms with Crippen molar-refractivity contribution in [3.8, 4) is 11.5 Å². The second-order valence-electron chi connectivity index (χ2n) is 3.81. The molecule has 0 bridgehead atoms. The van der Waals surface area contributed by atoms with E-state index in [0.717, 1.165) is 30.6 Å². The van der Waals surface area contributed by atoms with Crippen molar-refractivity contribution in [3.05, 3.63) is 56.6 Å². The monoisotopic (exact) mass is 356 g/mol. The van der Waals surface area contributed by atoms with Crippen molar-refractivity contribution in [2.24, 2.45) is 0 Å². The first kappa shape index (κ1) is 14.9. The van der Waals surface area contributed by atoms with Crippen molar-refractivity contribution in [2.45, 2.75) is 0 Å². The van der Waals surface area contributed by atoms with Gasteiger partial charge >= 0.3 is 11.7 Å². The fraction of sp³-hybridized carbons (Fsp3) is 0. The molecule has 1 aromatic heterocycles. The molecule has 1 heterocycles. The number of halogens is 2. The van der Waals surface area contributed by atoms with E-state index in [9.17, 15) is 19.3 Å². The van der Waals surface area contributed by atoms with Gasteiger partial charge in [0.15, 0.2) is 0 Å². The first-order chi connectivity index (χ1) is 9.88. The number of carboxylic acids is 1. The van der Waals surface area contributed by atoms with E-state index < -0.39 is 22.4 Å². The molecule has 0 aliphatic rings. The normalized spacial score (nSPS) is 10.2. The minimum Gasteiger partial charge on any atom is -0.478 e. The van der Waals surface area contributed by atoms with Crippen molar-refractivity contribution in [3.63, 3.8) is 0 Å². The predicted molar refractivity (Wildman–Crippen MR) is 72.0 cm³/mol. The molecule has 0 amide bonds. The van der Waals surface area contributed by atoms with Crippen molar-refractivity contribution in [1.82, 2.24) is 4.98 Å². The molecular weight excluding hydrogens is 351 g/mol. The number of hydrogen-bond acceptors (Lipinski definition) is 5. The molecule has 0 aliphatic carbocycles. The molecule has 0 unspecified atom stereocenters. The highest BCUT2D eigenvalue weighted by Crippen LogP contribution is 2.35. The van der Waals surface area contributed by atoms with Gasteiger partial charge in [-0.05, 0) is 22.0 Å². The Balaban J connectivity index is 2.43. The third-order valence-corrected chi connectivity index (χ3v) is 2.99. The Bertz CT molecular complexity index is 738. The first-order valence-electron chi connectivity index (χ1n) is 5.38. The number of pyridine rings is 1. The number of aromatic carboxylic acids is 1. The number of rotatable bonds is 4. The molecule has 1 aromatic carbocycles. The maximum Gasteiger partial charge on any atom is 0.337 e. The molecule has 9 heteroatoms. The summed E-state index contributed by atoms with van der Waals surface area (Å²) in [5, 5.41) is 19.8. The van der Waals surface area contributed by atoms with E-state index >= 15 is 0 Å². The van der Waals surface area contributed by atoms with Crippen LogP contribution in [0.15, 0.2) is 35.1 Å². The number of benzene rings is 1. The van der Waals surface area contributed by atoms with Crippen molar-refractivity contribution in [2.75, 3.05) is 0 Å². The molecule has 0 spiro atoms. The van der Waals surface area contributed by atoms with Gasteiger partial charge in [-0.2, -0.15) is 0 Å². The maximum absolute atomic E-state index is 13.5.